The van der Waals surface area contributed by atoms with Crippen LogP contribution in [0.1, 0.15) is 36.5 Å². The largest absolute Gasteiger partial charge is 0.369 e. The van der Waals surface area contributed by atoms with Crippen LogP contribution in [0, 0.1) is 4.91 Å². The SMILES string of the molecule is Bc1cc(C(=O)NCC2(C)C[C@@H]3NCCC[C@@H]3O2)c(N=O)cc1Cl. The summed E-state index contributed by atoms with van der Waals surface area (Å²) in [6, 6.07) is 3.36. The highest BCUT2D eigenvalue weighted by molar-refractivity contribution is 6.45. The molecule has 2 aliphatic rings. The number of piperidine rings is 1. The van der Waals surface area contributed by atoms with E-state index in [2.05, 4.69) is 15.8 Å². The number of hydrogen-bond donors (Lipinski definition) is 2. The van der Waals surface area contributed by atoms with E-state index in [9.17, 15) is 9.70 Å². The molecule has 2 aliphatic heterocycles. The maximum Gasteiger partial charge on any atom is 0.253 e. The Labute approximate surface area is 147 Å². The van der Waals surface area contributed by atoms with Crippen molar-refractivity contribution in [3.63, 3.8) is 0 Å². The number of nitroso groups, excluding NO2 is 1. The van der Waals surface area contributed by atoms with E-state index in [1.54, 1.807) is 13.9 Å². The van der Waals surface area contributed by atoms with Crippen LogP contribution >= 0.6 is 11.6 Å². The van der Waals surface area contributed by atoms with Gasteiger partial charge in [0.2, 0.25) is 0 Å². The molecule has 1 amide bonds. The summed E-state index contributed by atoms with van der Waals surface area (Å²) < 4.78 is 6.16. The Hall–Kier alpha value is -1.44. The van der Waals surface area contributed by atoms with E-state index < -0.39 is 5.60 Å². The molecule has 3 atom stereocenters. The van der Waals surface area contributed by atoms with Gasteiger partial charge < -0.3 is 15.4 Å². The Bertz CT molecular complexity index is 656. The minimum absolute atomic E-state index is 0.0518. The van der Waals surface area contributed by atoms with E-state index in [-0.39, 0.29) is 23.3 Å². The molecule has 2 saturated heterocycles. The molecule has 1 unspecified atom stereocenters. The van der Waals surface area contributed by atoms with Crippen LogP contribution in [0.4, 0.5) is 5.69 Å². The summed E-state index contributed by atoms with van der Waals surface area (Å²) >= 11 is 5.98. The van der Waals surface area contributed by atoms with Crippen LogP contribution in [0.2, 0.25) is 5.02 Å². The van der Waals surface area contributed by atoms with Crippen LogP contribution in [0.3, 0.4) is 0 Å². The molecule has 8 heteroatoms. The van der Waals surface area contributed by atoms with Gasteiger partial charge in [-0.15, -0.1) is 4.91 Å². The fourth-order valence-corrected chi connectivity index (χ4v) is 3.71. The Morgan fingerprint density at radius 3 is 3.08 bits per heavy atom. The lowest BCUT2D eigenvalue weighted by Gasteiger charge is -2.26. The number of nitrogens with zero attached hydrogens (tertiary/aromatic N) is 1. The molecule has 3 rings (SSSR count). The molecule has 1 aromatic carbocycles. The number of carbonyl (C=O) groups excluding carboxylic acids is 1. The molecule has 0 aromatic heterocycles. The number of amides is 1. The minimum atomic E-state index is -0.404. The highest BCUT2D eigenvalue weighted by atomic mass is 35.5. The van der Waals surface area contributed by atoms with Gasteiger partial charge in [0.15, 0.2) is 0 Å². The highest BCUT2D eigenvalue weighted by Gasteiger charge is 2.44. The van der Waals surface area contributed by atoms with Crippen LogP contribution in [-0.4, -0.2) is 44.6 Å². The molecule has 0 radical (unpaired) electrons. The summed E-state index contributed by atoms with van der Waals surface area (Å²) in [7, 11) is 1.78. The van der Waals surface area contributed by atoms with Gasteiger partial charge in [-0.3, -0.25) is 4.79 Å². The third-order valence-electron chi connectivity index (χ3n) is 4.85. The first-order chi connectivity index (χ1) is 11.4. The fourth-order valence-electron chi connectivity index (χ4n) is 3.55. The average Bonchev–Trinajstić information content (AvgIpc) is 2.91. The summed E-state index contributed by atoms with van der Waals surface area (Å²) in [6.45, 7) is 3.42. The molecule has 2 fully saturated rings. The maximum absolute atomic E-state index is 12.5. The topological polar surface area (TPSA) is 79.8 Å². The second kappa shape index (κ2) is 6.82. The molecule has 2 heterocycles. The second-order valence-corrected chi connectivity index (χ2v) is 7.31. The Morgan fingerprint density at radius 2 is 2.38 bits per heavy atom. The van der Waals surface area contributed by atoms with Crippen LogP contribution < -0.4 is 16.1 Å². The van der Waals surface area contributed by atoms with Crippen molar-refractivity contribution in [2.75, 3.05) is 13.1 Å². The lowest BCUT2D eigenvalue weighted by Crippen LogP contribution is -2.42. The van der Waals surface area contributed by atoms with Crippen molar-refractivity contribution < 1.29 is 9.53 Å². The molecule has 2 N–H and O–H groups in total. The molecular weight excluding hydrogens is 328 g/mol. The number of benzene rings is 1. The van der Waals surface area contributed by atoms with Crippen LogP contribution in [0.15, 0.2) is 17.3 Å². The zero-order chi connectivity index (χ0) is 17.3. The zero-order valence-corrected chi connectivity index (χ0v) is 14.7. The molecule has 0 spiro atoms. The van der Waals surface area contributed by atoms with E-state index in [1.807, 2.05) is 6.92 Å². The molecule has 128 valence electrons. The van der Waals surface area contributed by atoms with Gasteiger partial charge in [-0.2, -0.15) is 0 Å². The number of rotatable bonds is 4. The Kier molecular flexibility index (Phi) is 4.94. The lowest BCUT2D eigenvalue weighted by atomic mass is 9.92. The monoisotopic (exact) mass is 349 g/mol. The smallest absolute Gasteiger partial charge is 0.253 e. The highest BCUT2D eigenvalue weighted by Crippen LogP contribution is 2.34. The van der Waals surface area contributed by atoms with Crippen LogP contribution in [0.5, 0.6) is 0 Å². The third-order valence-corrected chi connectivity index (χ3v) is 5.26. The van der Waals surface area contributed by atoms with Crippen molar-refractivity contribution in [3.8, 4) is 0 Å². The molecule has 0 saturated carbocycles. The molecule has 0 aliphatic carbocycles. The first kappa shape index (κ1) is 17.4. The molecular formula is C16H21BClN3O3. The van der Waals surface area contributed by atoms with Gasteiger partial charge in [0.25, 0.3) is 5.91 Å². The van der Waals surface area contributed by atoms with Crippen LogP contribution in [-0.2, 0) is 4.74 Å². The predicted octanol–water partition coefficient (Wildman–Crippen LogP) is 1.03. The normalized spacial score (nSPS) is 29.1. The van der Waals surface area contributed by atoms with Gasteiger partial charge in [0, 0.05) is 17.6 Å². The summed E-state index contributed by atoms with van der Waals surface area (Å²) in [5.41, 5.74) is 0.617. The Morgan fingerprint density at radius 1 is 1.58 bits per heavy atom. The number of hydrogen-bond acceptors (Lipinski definition) is 5. The first-order valence-electron chi connectivity index (χ1n) is 8.25. The van der Waals surface area contributed by atoms with Gasteiger partial charge in [-0.25, -0.2) is 0 Å². The molecule has 1 aromatic rings. The standard InChI is InChI=1S/C16H21BClN3O3/c1-16(7-13-14(24-16)3-2-4-19-13)8-20-15(22)9-5-10(17)11(18)6-12(9)21-23/h5-6,13-14,19H,2-4,7-8,17H2,1H3,(H,20,22)/t13-,14-,16?/m0/s1. The molecule has 24 heavy (non-hydrogen) atoms. The number of carbonyl (C=O) groups is 1. The van der Waals surface area contributed by atoms with E-state index in [0.29, 0.717) is 17.6 Å². The van der Waals surface area contributed by atoms with Crippen molar-refractivity contribution >= 4 is 36.5 Å². The van der Waals surface area contributed by atoms with Crippen molar-refractivity contribution in [2.45, 2.75) is 43.9 Å². The minimum Gasteiger partial charge on any atom is -0.369 e. The van der Waals surface area contributed by atoms with Gasteiger partial charge in [-0.1, -0.05) is 23.1 Å². The first-order valence-corrected chi connectivity index (χ1v) is 8.62. The third kappa shape index (κ3) is 3.48. The molecule has 6 nitrogen and oxygen atoms in total. The maximum atomic E-state index is 12.5. The van der Waals surface area contributed by atoms with Crippen molar-refractivity contribution in [1.29, 1.82) is 0 Å². The number of ether oxygens (including phenoxy) is 1. The van der Waals surface area contributed by atoms with E-state index in [4.69, 9.17) is 16.3 Å². The van der Waals surface area contributed by atoms with Crippen molar-refractivity contribution in [1.82, 2.24) is 10.6 Å². The lowest BCUT2D eigenvalue weighted by molar-refractivity contribution is -0.0357. The molecule has 0 bridgehead atoms. The summed E-state index contributed by atoms with van der Waals surface area (Å²) in [6.07, 6.45) is 3.24. The number of nitrogens with one attached hydrogen (secondary N) is 2. The van der Waals surface area contributed by atoms with Gasteiger partial charge >= 0.3 is 0 Å². The summed E-state index contributed by atoms with van der Waals surface area (Å²) in [5, 5.41) is 9.69. The predicted molar refractivity (Wildman–Crippen MR) is 96.3 cm³/mol. The van der Waals surface area contributed by atoms with E-state index >= 15 is 0 Å². The van der Waals surface area contributed by atoms with E-state index in [1.165, 1.54) is 6.07 Å². The van der Waals surface area contributed by atoms with Gasteiger partial charge in [0.05, 0.1) is 17.3 Å². The van der Waals surface area contributed by atoms with Crippen molar-refractivity contribution in [2.24, 2.45) is 5.18 Å². The second-order valence-electron chi connectivity index (χ2n) is 6.91. The van der Waals surface area contributed by atoms with Gasteiger partial charge in [0.1, 0.15) is 13.5 Å². The zero-order valence-electron chi connectivity index (χ0n) is 13.9. The van der Waals surface area contributed by atoms with Gasteiger partial charge in [-0.05, 0) is 44.0 Å². The van der Waals surface area contributed by atoms with E-state index in [0.717, 1.165) is 31.3 Å². The quantitative estimate of drug-likeness (QED) is 0.628. The Balaban J connectivity index is 1.68. The fraction of sp³-hybridized carbons (Fsp3) is 0.562. The summed E-state index contributed by atoms with van der Waals surface area (Å²) in [5.74, 6) is -0.336. The number of halogens is 1. The number of fused-ring (bicyclic) bond motifs is 1. The van der Waals surface area contributed by atoms with Crippen LogP contribution in [0.25, 0.3) is 0 Å². The average molecular weight is 350 g/mol. The summed E-state index contributed by atoms with van der Waals surface area (Å²) in [4.78, 5) is 23.4. The van der Waals surface area contributed by atoms with Crippen molar-refractivity contribution in [3.05, 3.63) is 27.6 Å².